The summed E-state index contributed by atoms with van der Waals surface area (Å²) in [6.07, 6.45) is 3.13. The van der Waals surface area contributed by atoms with Gasteiger partial charge in [-0.3, -0.25) is 4.78 Å². The molecule has 0 amide bonds. The predicted molar refractivity (Wildman–Crippen MR) is 105 cm³/mol. The first-order chi connectivity index (χ1) is 12.9. The molecule has 2 aromatic heterocycles. The summed E-state index contributed by atoms with van der Waals surface area (Å²) in [5, 5.41) is -0.353. The molecular formula is C18H24N6O2S. The van der Waals surface area contributed by atoms with Crippen LogP contribution in [0.25, 0.3) is 11.4 Å². The summed E-state index contributed by atoms with van der Waals surface area (Å²) in [6, 6.07) is 5.63. The van der Waals surface area contributed by atoms with Crippen molar-refractivity contribution in [3.05, 3.63) is 30.1 Å². The molecule has 1 unspecified atom stereocenters. The highest BCUT2D eigenvalue weighted by Gasteiger charge is 2.32. The highest BCUT2D eigenvalue weighted by molar-refractivity contribution is 7.92. The molecule has 2 fully saturated rings. The highest BCUT2D eigenvalue weighted by atomic mass is 32.2. The van der Waals surface area contributed by atoms with Crippen LogP contribution in [0.15, 0.2) is 24.4 Å². The summed E-state index contributed by atoms with van der Waals surface area (Å²) in [7, 11) is -2.68. The maximum Gasteiger partial charge on any atom is 0.161 e. The fourth-order valence-corrected chi connectivity index (χ4v) is 5.65. The lowest BCUT2D eigenvalue weighted by Gasteiger charge is -2.34. The largest absolute Gasteiger partial charge is 0.384 e. The van der Waals surface area contributed by atoms with Crippen molar-refractivity contribution in [2.24, 2.45) is 0 Å². The molecule has 0 bridgehead atoms. The standard InChI is InChI=1S/C18H24N6O2S/c1-12-11-26-7-6-24(12)17-10-14(15-3-2-8-27(15,20)25)22-18(23-17)13-4-5-21-16(19)9-13/h4-5,9-10,12,15,20H,2-3,6-8,11H2,1H3,(H2,19,21)/t12-,15-,27?/m1/s1. The van der Waals surface area contributed by atoms with Crippen molar-refractivity contribution in [2.75, 3.05) is 36.1 Å². The molecule has 27 heavy (non-hydrogen) atoms. The van der Waals surface area contributed by atoms with Gasteiger partial charge in [0.05, 0.1) is 39.9 Å². The minimum absolute atomic E-state index is 0.181. The van der Waals surface area contributed by atoms with Crippen molar-refractivity contribution in [1.29, 1.82) is 4.78 Å². The molecule has 2 aromatic rings. The number of nitrogens with one attached hydrogen (secondary N) is 1. The normalized spacial score (nSPS) is 28.4. The zero-order valence-corrected chi connectivity index (χ0v) is 16.1. The van der Waals surface area contributed by atoms with E-state index in [1.807, 2.05) is 12.1 Å². The molecule has 9 heteroatoms. The number of nitrogens with two attached hydrogens (primary N) is 1. The molecule has 4 rings (SSSR count). The fraction of sp³-hybridized carbons (Fsp3) is 0.500. The second-order valence-electron chi connectivity index (χ2n) is 7.12. The number of ether oxygens (including phenoxy) is 1. The lowest BCUT2D eigenvalue weighted by Crippen LogP contribution is -2.44. The minimum atomic E-state index is -2.68. The molecule has 0 aliphatic carbocycles. The van der Waals surface area contributed by atoms with Gasteiger partial charge in [0.2, 0.25) is 0 Å². The van der Waals surface area contributed by atoms with Crippen LogP contribution in [0, 0.1) is 4.78 Å². The van der Waals surface area contributed by atoms with Crippen LogP contribution in [0.2, 0.25) is 0 Å². The summed E-state index contributed by atoms with van der Waals surface area (Å²) in [5.41, 5.74) is 7.28. The summed E-state index contributed by atoms with van der Waals surface area (Å²) in [4.78, 5) is 15.7. The van der Waals surface area contributed by atoms with Gasteiger partial charge in [-0.25, -0.2) is 19.2 Å². The van der Waals surface area contributed by atoms with Crippen LogP contribution in [-0.2, 0) is 14.5 Å². The van der Waals surface area contributed by atoms with Crippen LogP contribution in [0.5, 0.6) is 0 Å². The van der Waals surface area contributed by atoms with Crippen LogP contribution in [0.3, 0.4) is 0 Å². The fourth-order valence-electron chi connectivity index (χ4n) is 3.71. The topological polar surface area (TPSA) is 118 Å². The molecule has 0 spiro atoms. The van der Waals surface area contributed by atoms with Crippen molar-refractivity contribution in [1.82, 2.24) is 15.0 Å². The Hall–Kier alpha value is -2.26. The predicted octanol–water partition coefficient (Wildman–Crippen LogP) is 2.23. The third-order valence-corrected chi connectivity index (χ3v) is 7.43. The molecule has 2 aliphatic heterocycles. The number of aromatic nitrogens is 3. The SMILES string of the molecule is C[C@@H]1COCCN1c1cc([C@H]2CCCS2(=N)=O)nc(-c2ccnc(N)c2)n1. The molecule has 2 saturated heterocycles. The quantitative estimate of drug-likeness (QED) is 0.827. The number of pyridine rings is 1. The van der Waals surface area contributed by atoms with E-state index >= 15 is 0 Å². The molecule has 4 heterocycles. The second kappa shape index (κ2) is 7.05. The summed E-state index contributed by atoms with van der Waals surface area (Å²) < 4.78 is 26.5. The average molecular weight is 388 g/mol. The van der Waals surface area contributed by atoms with Crippen molar-refractivity contribution in [3.8, 4) is 11.4 Å². The van der Waals surface area contributed by atoms with Gasteiger partial charge in [0.25, 0.3) is 0 Å². The smallest absolute Gasteiger partial charge is 0.161 e. The Balaban J connectivity index is 1.83. The number of hydrogen-bond donors (Lipinski definition) is 2. The van der Waals surface area contributed by atoms with Gasteiger partial charge < -0.3 is 15.4 Å². The first-order valence-corrected chi connectivity index (χ1v) is 10.9. The molecular weight excluding hydrogens is 364 g/mol. The Morgan fingerprint density at radius 1 is 1.37 bits per heavy atom. The maximum atomic E-state index is 12.7. The zero-order chi connectivity index (χ0) is 19.0. The van der Waals surface area contributed by atoms with Crippen LogP contribution in [-0.4, -0.2) is 50.7 Å². The molecule has 3 atom stereocenters. The van der Waals surface area contributed by atoms with Gasteiger partial charge in [-0.2, -0.15) is 0 Å². The summed E-state index contributed by atoms with van der Waals surface area (Å²) >= 11 is 0. The van der Waals surface area contributed by atoms with Gasteiger partial charge in [-0.05, 0) is 31.9 Å². The van der Waals surface area contributed by atoms with Crippen LogP contribution in [0.1, 0.15) is 30.7 Å². The number of rotatable bonds is 3. The first kappa shape index (κ1) is 18.1. The highest BCUT2D eigenvalue weighted by Crippen LogP contribution is 2.36. The van der Waals surface area contributed by atoms with Crippen molar-refractivity contribution >= 4 is 21.4 Å². The lowest BCUT2D eigenvalue weighted by atomic mass is 10.1. The van der Waals surface area contributed by atoms with E-state index in [0.717, 1.165) is 30.8 Å². The number of morpholine rings is 1. The second-order valence-corrected chi connectivity index (χ2v) is 9.55. The Labute approximate surface area is 159 Å². The molecule has 8 nitrogen and oxygen atoms in total. The number of anilines is 2. The number of nitrogen functional groups attached to an aromatic ring is 1. The first-order valence-electron chi connectivity index (χ1n) is 9.14. The Bertz CT molecular complexity index is 949. The van der Waals surface area contributed by atoms with E-state index in [2.05, 4.69) is 16.8 Å². The molecule has 144 valence electrons. The van der Waals surface area contributed by atoms with E-state index in [1.165, 1.54) is 0 Å². The van der Waals surface area contributed by atoms with E-state index in [9.17, 15) is 4.21 Å². The van der Waals surface area contributed by atoms with Crippen molar-refractivity contribution < 1.29 is 8.95 Å². The Morgan fingerprint density at radius 3 is 2.93 bits per heavy atom. The maximum absolute atomic E-state index is 12.7. The number of hydrogen-bond acceptors (Lipinski definition) is 8. The lowest BCUT2D eigenvalue weighted by molar-refractivity contribution is 0.0985. The Kier molecular flexibility index (Phi) is 4.73. The van der Waals surface area contributed by atoms with Gasteiger partial charge >= 0.3 is 0 Å². The van der Waals surface area contributed by atoms with Gasteiger partial charge in [0.15, 0.2) is 5.82 Å². The van der Waals surface area contributed by atoms with Crippen LogP contribution < -0.4 is 10.6 Å². The van der Waals surface area contributed by atoms with Gasteiger partial charge in [-0.1, -0.05) is 0 Å². The molecule has 0 saturated carbocycles. The van der Waals surface area contributed by atoms with Crippen LogP contribution in [0.4, 0.5) is 11.6 Å². The summed E-state index contributed by atoms with van der Waals surface area (Å²) in [5.74, 6) is 2.14. The number of nitrogens with zero attached hydrogens (tertiary/aromatic N) is 4. The molecule has 3 N–H and O–H groups in total. The van der Waals surface area contributed by atoms with Crippen LogP contribution >= 0.6 is 0 Å². The third kappa shape index (κ3) is 3.61. The average Bonchev–Trinajstić information content (AvgIpc) is 3.01. The summed E-state index contributed by atoms with van der Waals surface area (Å²) in [6.45, 7) is 4.10. The van der Waals surface area contributed by atoms with E-state index in [4.69, 9.17) is 25.2 Å². The van der Waals surface area contributed by atoms with E-state index in [0.29, 0.717) is 36.3 Å². The molecule has 0 aromatic carbocycles. The van der Waals surface area contributed by atoms with E-state index in [-0.39, 0.29) is 11.3 Å². The van der Waals surface area contributed by atoms with E-state index < -0.39 is 9.73 Å². The van der Waals surface area contributed by atoms with E-state index in [1.54, 1.807) is 12.3 Å². The zero-order valence-electron chi connectivity index (χ0n) is 15.3. The Morgan fingerprint density at radius 2 is 2.22 bits per heavy atom. The van der Waals surface area contributed by atoms with Crippen molar-refractivity contribution in [3.63, 3.8) is 0 Å². The minimum Gasteiger partial charge on any atom is -0.384 e. The molecule has 2 aliphatic rings. The third-order valence-electron chi connectivity index (χ3n) is 5.14. The van der Waals surface area contributed by atoms with Gasteiger partial charge in [0.1, 0.15) is 11.6 Å². The van der Waals surface area contributed by atoms with Crippen molar-refractivity contribution in [2.45, 2.75) is 31.1 Å². The van der Waals surface area contributed by atoms with Gasteiger partial charge in [-0.15, -0.1) is 0 Å². The monoisotopic (exact) mass is 388 g/mol. The van der Waals surface area contributed by atoms with Gasteiger partial charge in [0, 0.05) is 30.1 Å². The molecule has 0 radical (unpaired) electrons.